The second kappa shape index (κ2) is 6.15. The van der Waals surface area contributed by atoms with Crippen molar-refractivity contribution in [3.05, 3.63) is 24.0 Å². The SMILES string of the molecule is NCC1CN(c2ccc(N3CCOCC3)c(F)c2)C(O)O1. The topological polar surface area (TPSA) is 71.2 Å². The molecule has 2 unspecified atom stereocenters. The Labute approximate surface area is 122 Å². The van der Waals surface area contributed by atoms with Crippen LogP contribution in [-0.4, -0.2) is 57.0 Å². The van der Waals surface area contributed by atoms with E-state index in [1.807, 2.05) is 4.90 Å². The lowest BCUT2D eigenvalue weighted by Gasteiger charge is -2.30. The van der Waals surface area contributed by atoms with E-state index in [-0.39, 0.29) is 11.9 Å². The Hall–Kier alpha value is -1.41. The van der Waals surface area contributed by atoms with Crippen molar-refractivity contribution in [2.24, 2.45) is 5.73 Å². The molecule has 0 spiro atoms. The minimum Gasteiger partial charge on any atom is -0.378 e. The number of hydrogen-bond acceptors (Lipinski definition) is 6. The van der Waals surface area contributed by atoms with Gasteiger partial charge in [0.2, 0.25) is 6.41 Å². The fourth-order valence-corrected chi connectivity index (χ4v) is 2.70. The smallest absolute Gasteiger partial charge is 0.238 e. The number of benzene rings is 1. The quantitative estimate of drug-likeness (QED) is 0.825. The van der Waals surface area contributed by atoms with Crippen LogP contribution in [0.3, 0.4) is 0 Å². The van der Waals surface area contributed by atoms with Crippen molar-refractivity contribution in [2.75, 3.05) is 49.2 Å². The third-order valence-electron chi connectivity index (χ3n) is 3.86. The summed E-state index contributed by atoms with van der Waals surface area (Å²) in [5, 5.41) is 9.85. The van der Waals surface area contributed by atoms with Gasteiger partial charge >= 0.3 is 0 Å². The molecular weight excluding hydrogens is 277 g/mol. The summed E-state index contributed by atoms with van der Waals surface area (Å²) in [6.45, 7) is 3.36. The lowest BCUT2D eigenvalue weighted by atomic mass is 10.2. The number of nitrogens with two attached hydrogens (primary N) is 1. The number of morpholine rings is 1. The molecule has 0 bridgehead atoms. The molecule has 1 aromatic rings. The number of halogens is 1. The molecule has 6 nitrogen and oxygen atoms in total. The number of nitrogens with zero attached hydrogens (tertiary/aromatic N) is 2. The predicted octanol–water partition coefficient (Wildman–Crippen LogP) is 0.102. The Morgan fingerprint density at radius 3 is 2.71 bits per heavy atom. The Morgan fingerprint density at radius 1 is 1.33 bits per heavy atom. The van der Waals surface area contributed by atoms with E-state index in [1.54, 1.807) is 17.0 Å². The van der Waals surface area contributed by atoms with Gasteiger partial charge in [-0.2, -0.15) is 0 Å². The van der Waals surface area contributed by atoms with Gasteiger partial charge in [0.15, 0.2) is 0 Å². The Balaban J connectivity index is 1.77. The minimum atomic E-state index is -1.08. The number of ether oxygens (including phenoxy) is 2. The number of rotatable bonds is 3. The Kier molecular flexibility index (Phi) is 4.25. The highest BCUT2D eigenvalue weighted by Gasteiger charge is 2.31. The molecule has 3 N–H and O–H groups in total. The number of aliphatic hydroxyl groups is 1. The zero-order valence-corrected chi connectivity index (χ0v) is 11.7. The van der Waals surface area contributed by atoms with E-state index in [0.717, 1.165) is 0 Å². The van der Waals surface area contributed by atoms with Gasteiger partial charge in [0, 0.05) is 25.3 Å². The van der Waals surface area contributed by atoms with Crippen LogP contribution in [0.1, 0.15) is 0 Å². The van der Waals surface area contributed by atoms with Crippen molar-refractivity contribution in [3.8, 4) is 0 Å². The first-order valence-corrected chi connectivity index (χ1v) is 7.11. The third-order valence-corrected chi connectivity index (χ3v) is 3.86. The molecule has 2 aliphatic rings. The highest BCUT2D eigenvalue weighted by atomic mass is 19.1. The second-order valence-corrected chi connectivity index (χ2v) is 5.21. The molecule has 2 aliphatic heterocycles. The number of anilines is 2. The lowest BCUT2D eigenvalue weighted by Crippen LogP contribution is -2.37. The summed E-state index contributed by atoms with van der Waals surface area (Å²) < 4.78 is 24.9. The zero-order chi connectivity index (χ0) is 14.8. The average Bonchev–Trinajstić information content (AvgIpc) is 2.89. The maximum Gasteiger partial charge on any atom is 0.238 e. The Morgan fingerprint density at radius 2 is 2.10 bits per heavy atom. The highest BCUT2D eigenvalue weighted by molar-refractivity contribution is 5.58. The van der Waals surface area contributed by atoms with Crippen LogP contribution in [0.2, 0.25) is 0 Å². The van der Waals surface area contributed by atoms with Gasteiger partial charge in [-0.3, -0.25) is 0 Å². The highest BCUT2D eigenvalue weighted by Crippen LogP contribution is 2.29. The van der Waals surface area contributed by atoms with Crippen molar-refractivity contribution in [2.45, 2.75) is 12.5 Å². The average molecular weight is 297 g/mol. The van der Waals surface area contributed by atoms with E-state index in [9.17, 15) is 9.50 Å². The molecule has 116 valence electrons. The second-order valence-electron chi connectivity index (χ2n) is 5.21. The molecule has 0 radical (unpaired) electrons. The molecular formula is C14H20FN3O3. The molecule has 2 heterocycles. The van der Waals surface area contributed by atoms with Gasteiger partial charge in [-0.25, -0.2) is 4.39 Å². The van der Waals surface area contributed by atoms with E-state index >= 15 is 0 Å². The molecule has 2 atom stereocenters. The van der Waals surface area contributed by atoms with Crippen LogP contribution in [0, 0.1) is 5.82 Å². The first-order valence-electron chi connectivity index (χ1n) is 7.11. The van der Waals surface area contributed by atoms with E-state index in [1.165, 1.54) is 6.07 Å². The summed E-state index contributed by atoms with van der Waals surface area (Å²) >= 11 is 0. The predicted molar refractivity (Wildman–Crippen MR) is 76.7 cm³/mol. The maximum absolute atomic E-state index is 14.3. The van der Waals surface area contributed by atoms with Crippen LogP contribution in [0.25, 0.3) is 0 Å². The van der Waals surface area contributed by atoms with Crippen LogP contribution in [0.5, 0.6) is 0 Å². The summed E-state index contributed by atoms with van der Waals surface area (Å²) in [6, 6.07) is 4.95. The summed E-state index contributed by atoms with van der Waals surface area (Å²) in [4.78, 5) is 3.56. The van der Waals surface area contributed by atoms with Crippen LogP contribution in [0.15, 0.2) is 18.2 Å². The molecule has 21 heavy (non-hydrogen) atoms. The fraction of sp³-hybridized carbons (Fsp3) is 0.571. The summed E-state index contributed by atoms with van der Waals surface area (Å²) in [5.74, 6) is -0.308. The molecule has 2 fully saturated rings. The third kappa shape index (κ3) is 2.96. The van der Waals surface area contributed by atoms with Crippen molar-refractivity contribution in [1.82, 2.24) is 0 Å². The zero-order valence-electron chi connectivity index (χ0n) is 11.7. The number of aliphatic hydroxyl groups excluding tert-OH is 1. The van der Waals surface area contributed by atoms with E-state index in [0.29, 0.717) is 50.8 Å². The van der Waals surface area contributed by atoms with E-state index in [4.69, 9.17) is 15.2 Å². The molecule has 0 aromatic heterocycles. The summed E-state index contributed by atoms with van der Waals surface area (Å²) in [7, 11) is 0. The molecule has 0 saturated carbocycles. The molecule has 0 aliphatic carbocycles. The van der Waals surface area contributed by atoms with Crippen LogP contribution in [-0.2, 0) is 9.47 Å². The first-order chi connectivity index (χ1) is 10.2. The van der Waals surface area contributed by atoms with Gasteiger partial charge in [0.25, 0.3) is 0 Å². The minimum absolute atomic E-state index is 0.234. The number of hydrogen-bond donors (Lipinski definition) is 2. The standard InChI is InChI=1S/C14H20FN3O3/c15-12-7-10(18-9-11(8-16)21-14(18)19)1-2-13(12)17-3-5-20-6-4-17/h1-2,7,11,14,19H,3-6,8-9,16H2. The largest absolute Gasteiger partial charge is 0.378 e. The van der Waals surface area contributed by atoms with Crippen LogP contribution in [0.4, 0.5) is 15.8 Å². The van der Waals surface area contributed by atoms with Crippen LogP contribution >= 0.6 is 0 Å². The maximum atomic E-state index is 14.3. The van der Waals surface area contributed by atoms with Crippen molar-refractivity contribution in [3.63, 3.8) is 0 Å². The van der Waals surface area contributed by atoms with Crippen molar-refractivity contribution < 1.29 is 19.0 Å². The normalized spacial score (nSPS) is 26.4. The van der Waals surface area contributed by atoms with Crippen LogP contribution < -0.4 is 15.5 Å². The van der Waals surface area contributed by atoms with Crippen molar-refractivity contribution >= 4 is 11.4 Å². The molecule has 0 amide bonds. The summed E-state index contributed by atoms with van der Waals surface area (Å²) in [6.07, 6.45) is -1.31. The lowest BCUT2D eigenvalue weighted by molar-refractivity contribution is -0.0855. The van der Waals surface area contributed by atoms with Gasteiger partial charge in [-0.05, 0) is 18.2 Å². The van der Waals surface area contributed by atoms with E-state index < -0.39 is 6.41 Å². The van der Waals surface area contributed by atoms with Crippen molar-refractivity contribution in [1.29, 1.82) is 0 Å². The molecule has 3 rings (SSSR count). The van der Waals surface area contributed by atoms with E-state index in [2.05, 4.69) is 0 Å². The van der Waals surface area contributed by atoms with Gasteiger partial charge in [0.05, 0.1) is 31.5 Å². The van der Waals surface area contributed by atoms with Gasteiger partial charge in [-0.1, -0.05) is 0 Å². The monoisotopic (exact) mass is 297 g/mol. The van der Waals surface area contributed by atoms with Gasteiger partial charge in [0.1, 0.15) is 5.82 Å². The fourth-order valence-electron chi connectivity index (χ4n) is 2.70. The summed E-state index contributed by atoms with van der Waals surface area (Å²) in [5.41, 5.74) is 6.69. The first kappa shape index (κ1) is 14.5. The molecule has 1 aromatic carbocycles. The van der Waals surface area contributed by atoms with Gasteiger partial charge in [-0.15, -0.1) is 0 Å². The Bertz CT molecular complexity index is 496. The molecule has 7 heteroatoms. The molecule has 2 saturated heterocycles. The van der Waals surface area contributed by atoms with Gasteiger partial charge < -0.3 is 30.1 Å².